The monoisotopic (exact) mass is 355 g/mol. The van der Waals surface area contributed by atoms with E-state index in [1.165, 1.54) is 13.2 Å². The lowest BCUT2D eigenvalue weighted by Crippen LogP contribution is -2.20. The summed E-state index contributed by atoms with van der Waals surface area (Å²) in [5.41, 5.74) is 2.90. The first-order valence-corrected chi connectivity index (χ1v) is 7.45. The number of likely N-dealkylation sites (N-methyl/N-ethyl adjacent to an activating group) is 1. The Bertz CT molecular complexity index is 642. The number of nitrogens with one attached hydrogen (secondary N) is 1. The van der Waals surface area contributed by atoms with Crippen molar-refractivity contribution in [2.24, 2.45) is 7.05 Å². The highest BCUT2D eigenvalue weighted by atomic mass is 79.9. The molecule has 0 saturated heterocycles. The molecule has 1 N–H and O–H groups in total. The van der Waals surface area contributed by atoms with Crippen LogP contribution in [0.2, 0.25) is 0 Å². The molecular formula is C15H19BrFN3O. The number of methoxy groups -OCH3 is 1. The number of halogens is 2. The van der Waals surface area contributed by atoms with Crippen LogP contribution >= 0.6 is 15.9 Å². The van der Waals surface area contributed by atoms with Crippen LogP contribution in [-0.2, 0) is 13.5 Å². The van der Waals surface area contributed by atoms with E-state index in [-0.39, 0.29) is 17.6 Å². The van der Waals surface area contributed by atoms with Crippen LogP contribution in [0.25, 0.3) is 0 Å². The summed E-state index contributed by atoms with van der Waals surface area (Å²) in [7, 11) is 5.24. The molecule has 0 spiro atoms. The summed E-state index contributed by atoms with van der Waals surface area (Å²) in [6.07, 6.45) is 0.709. The van der Waals surface area contributed by atoms with Gasteiger partial charge in [0.2, 0.25) is 0 Å². The van der Waals surface area contributed by atoms with Crippen molar-refractivity contribution in [2.45, 2.75) is 19.4 Å². The van der Waals surface area contributed by atoms with Crippen molar-refractivity contribution in [3.8, 4) is 5.75 Å². The van der Waals surface area contributed by atoms with Crippen LogP contribution in [0.3, 0.4) is 0 Å². The zero-order valence-corrected chi connectivity index (χ0v) is 14.2. The zero-order valence-electron chi connectivity index (χ0n) is 12.6. The minimum atomic E-state index is -0.351. The fourth-order valence-corrected chi connectivity index (χ4v) is 2.88. The second-order valence-corrected chi connectivity index (χ2v) is 5.70. The fourth-order valence-electron chi connectivity index (χ4n) is 2.38. The molecule has 0 aliphatic rings. The molecule has 2 aromatic rings. The quantitative estimate of drug-likeness (QED) is 0.895. The molecule has 0 aliphatic heterocycles. The van der Waals surface area contributed by atoms with Crippen LogP contribution in [0.4, 0.5) is 4.39 Å². The third-order valence-corrected chi connectivity index (χ3v) is 4.62. The van der Waals surface area contributed by atoms with Gasteiger partial charge in [0.05, 0.1) is 23.0 Å². The Labute approximate surface area is 132 Å². The van der Waals surface area contributed by atoms with Crippen LogP contribution in [-0.4, -0.2) is 23.9 Å². The van der Waals surface area contributed by atoms with Gasteiger partial charge in [0, 0.05) is 19.5 Å². The van der Waals surface area contributed by atoms with Crippen molar-refractivity contribution in [1.29, 1.82) is 0 Å². The molecule has 114 valence electrons. The maximum atomic E-state index is 13.9. The summed E-state index contributed by atoms with van der Waals surface area (Å²) in [5, 5.41) is 7.61. The topological polar surface area (TPSA) is 39.1 Å². The normalized spacial score (nSPS) is 12.5. The van der Waals surface area contributed by atoms with E-state index >= 15 is 0 Å². The molecule has 4 nitrogen and oxygen atoms in total. The first kappa shape index (κ1) is 16.0. The van der Waals surface area contributed by atoms with Crippen LogP contribution < -0.4 is 10.1 Å². The number of aromatic nitrogens is 2. The van der Waals surface area contributed by atoms with Gasteiger partial charge in [-0.2, -0.15) is 5.10 Å². The summed E-state index contributed by atoms with van der Waals surface area (Å²) in [5.74, 6) is -0.0957. The Morgan fingerprint density at radius 1 is 1.48 bits per heavy atom. The number of hydrogen-bond donors (Lipinski definition) is 1. The number of benzene rings is 1. The van der Waals surface area contributed by atoms with Crippen molar-refractivity contribution in [3.63, 3.8) is 0 Å². The van der Waals surface area contributed by atoms with Gasteiger partial charge in [0.15, 0.2) is 11.6 Å². The van der Waals surface area contributed by atoms with Gasteiger partial charge in [-0.05, 0) is 47.6 Å². The van der Waals surface area contributed by atoms with Gasteiger partial charge >= 0.3 is 0 Å². The summed E-state index contributed by atoms with van der Waals surface area (Å²) in [6, 6.07) is 5.03. The molecule has 1 atom stereocenters. The van der Waals surface area contributed by atoms with Gasteiger partial charge in [0.1, 0.15) is 0 Å². The average molecular weight is 356 g/mol. The summed E-state index contributed by atoms with van der Waals surface area (Å²) in [6.45, 7) is 1.95. The standard InChI is InChI=1S/C15H19BrFN3O/c1-9-15(16)13(20(3)19-9)8-12(18-2)10-5-6-14(21-4)11(17)7-10/h5-7,12,18H,8H2,1-4H3. The van der Waals surface area contributed by atoms with Gasteiger partial charge in [0.25, 0.3) is 0 Å². The van der Waals surface area contributed by atoms with E-state index in [1.54, 1.807) is 6.07 Å². The Balaban J connectivity index is 2.30. The van der Waals surface area contributed by atoms with Crippen molar-refractivity contribution >= 4 is 15.9 Å². The molecule has 2 rings (SSSR count). The molecule has 1 aromatic heterocycles. The maximum Gasteiger partial charge on any atom is 0.165 e. The molecule has 1 heterocycles. The van der Waals surface area contributed by atoms with E-state index < -0.39 is 0 Å². The molecule has 1 unspecified atom stereocenters. The fraction of sp³-hybridized carbons (Fsp3) is 0.400. The van der Waals surface area contributed by atoms with E-state index in [0.717, 1.165) is 21.4 Å². The van der Waals surface area contributed by atoms with Crippen molar-refractivity contribution in [1.82, 2.24) is 15.1 Å². The molecule has 0 aliphatic carbocycles. The van der Waals surface area contributed by atoms with Crippen LogP contribution in [0.5, 0.6) is 5.75 Å². The second-order valence-electron chi connectivity index (χ2n) is 4.91. The maximum absolute atomic E-state index is 13.9. The predicted molar refractivity (Wildman–Crippen MR) is 84.1 cm³/mol. The van der Waals surface area contributed by atoms with Gasteiger partial charge in [-0.3, -0.25) is 4.68 Å². The highest BCUT2D eigenvalue weighted by Crippen LogP contribution is 2.28. The van der Waals surface area contributed by atoms with Gasteiger partial charge in [-0.25, -0.2) is 4.39 Å². The smallest absolute Gasteiger partial charge is 0.165 e. The molecule has 0 amide bonds. The Hall–Kier alpha value is -1.40. The molecule has 0 radical (unpaired) electrons. The number of rotatable bonds is 5. The van der Waals surface area contributed by atoms with E-state index in [0.29, 0.717) is 6.42 Å². The van der Waals surface area contributed by atoms with Crippen molar-refractivity contribution in [3.05, 3.63) is 45.4 Å². The summed E-state index contributed by atoms with van der Waals surface area (Å²) in [4.78, 5) is 0. The lowest BCUT2D eigenvalue weighted by atomic mass is 10.0. The van der Waals surface area contributed by atoms with Gasteiger partial charge < -0.3 is 10.1 Å². The third kappa shape index (κ3) is 3.27. The Morgan fingerprint density at radius 2 is 2.19 bits per heavy atom. The predicted octanol–water partition coefficient (Wildman–Crippen LogP) is 3.14. The molecule has 0 saturated carbocycles. The molecule has 21 heavy (non-hydrogen) atoms. The van der Waals surface area contributed by atoms with Gasteiger partial charge in [-0.1, -0.05) is 6.07 Å². The summed E-state index contributed by atoms with van der Waals surface area (Å²) >= 11 is 3.56. The number of ether oxygens (including phenoxy) is 1. The lowest BCUT2D eigenvalue weighted by molar-refractivity contribution is 0.385. The van der Waals surface area contributed by atoms with Gasteiger partial charge in [-0.15, -0.1) is 0 Å². The Morgan fingerprint density at radius 3 is 2.67 bits per heavy atom. The second kappa shape index (κ2) is 6.58. The van der Waals surface area contributed by atoms with Crippen molar-refractivity contribution < 1.29 is 9.13 Å². The summed E-state index contributed by atoms with van der Waals surface area (Å²) < 4.78 is 21.7. The zero-order chi connectivity index (χ0) is 15.6. The molecule has 0 bridgehead atoms. The minimum Gasteiger partial charge on any atom is -0.494 e. The van der Waals surface area contributed by atoms with Crippen LogP contribution in [0, 0.1) is 12.7 Å². The number of hydrogen-bond acceptors (Lipinski definition) is 3. The highest BCUT2D eigenvalue weighted by molar-refractivity contribution is 9.10. The van der Waals surface area contributed by atoms with Crippen LogP contribution in [0.1, 0.15) is 23.0 Å². The SMILES string of the molecule is CNC(Cc1c(Br)c(C)nn1C)c1ccc(OC)c(F)c1. The van der Waals surface area contributed by atoms with E-state index in [1.807, 2.05) is 31.8 Å². The minimum absolute atomic E-state index is 0.00324. The van der Waals surface area contributed by atoms with Crippen molar-refractivity contribution in [2.75, 3.05) is 14.2 Å². The lowest BCUT2D eigenvalue weighted by Gasteiger charge is -2.18. The van der Waals surface area contributed by atoms with Crippen LogP contribution in [0.15, 0.2) is 22.7 Å². The molecule has 6 heteroatoms. The third-order valence-electron chi connectivity index (χ3n) is 3.59. The molecular weight excluding hydrogens is 337 g/mol. The van der Waals surface area contributed by atoms with E-state index in [2.05, 4.69) is 26.3 Å². The van der Waals surface area contributed by atoms with E-state index in [9.17, 15) is 4.39 Å². The first-order chi connectivity index (χ1) is 9.97. The average Bonchev–Trinajstić information content (AvgIpc) is 2.70. The molecule has 0 fully saturated rings. The largest absolute Gasteiger partial charge is 0.494 e. The first-order valence-electron chi connectivity index (χ1n) is 6.66. The highest BCUT2D eigenvalue weighted by Gasteiger charge is 2.18. The number of nitrogens with zero attached hydrogens (tertiary/aromatic N) is 2. The molecule has 1 aromatic carbocycles. The number of aryl methyl sites for hydroxylation is 2. The van der Waals surface area contributed by atoms with E-state index in [4.69, 9.17) is 4.74 Å². The Kier molecular flexibility index (Phi) is 5.00.